The van der Waals surface area contributed by atoms with Crippen molar-refractivity contribution >= 4 is 12.0 Å². The molecule has 0 atom stereocenters. The van der Waals surface area contributed by atoms with Gasteiger partial charge in [0.05, 0.1) is 6.54 Å². The molecule has 0 unspecified atom stereocenters. The zero-order valence-corrected chi connectivity index (χ0v) is 13.2. The van der Waals surface area contributed by atoms with Crippen LogP contribution in [0.25, 0.3) is 0 Å². The lowest BCUT2D eigenvalue weighted by atomic mass is 9.98. The normalized spacial score (nSPS) is 11.1. The van der Waals surface area contributed by atoms with Crippen molar-refractivity contribution in [3.8, 4) is 0 Å². The highest BCUT2D eigenvalue weighted by Gasteiger charge is 2.07. The van der Waals surface area contributed by atoms with E-state index in [4.69, 9.17) is 0 Å². The van der Waals surface area contributed by atoms with Gasteiger partial charge in [0, 0.05) is 12.6 Å². The average molecular weight is 297 g/mol. The number of carbonyl (C=O) groups excluding carboxylic acids is 1. The molecule has 0 aliphatic carbocycles. The van der Waals surface area contributed by atoms with Crippen LogP contribution in [0.15, 0.2) is 41.4 Å². The van der Waals surface area contributed by atoms with Gasteiger partial charge in [-0.3, -0.25) is 9.79 Å². The molecule has 114 valence electrons. The Hall–Kier alpha value is -2.29. The second-order valence-corrected chi connectivity index (χ2v) is 5.56. The number of nitrogens with zero attached hydrogens (tertiary/aromatic N) is 1. The minimum atomic E-state index is -0.259. The van der Waals surface area contributed by atoms with Crippen molar-refractivity contribution in [1.82, 2.24) is 0 Å². The van der Waals surface area contributed by atoms with E-state index in [0.29, 0.717) is 17.5 Å². The molecule has 0 fully saturated rings. The zero-order valence-electron chi connectivity index (χ0n) is 13.2. The second-order valence-electron chi connectivity index (χ2n) is 5.56. The lowest BCUT2D eigenvalue weighted by Gasteiger charge is -2.07. The molecule has 22 heavy (non-hydrogen) atoms. The van der Waals surface area contributed by atoms with Gasteiger partial charge in [0.15, 0.2) is 5.78 Å². The van der Waals surface area contributed by atoms with Crippen molar-refractivity contribution in [2.45, 2.75) is 27.2 Å². The first-order valence-corrected chi connectivity index (χ1v) is 7.30. The van der Waals surface area contributed by atoms with Gasteiger partial charge in [0.25, 0.3) is 0 Å². The summed E-state index contributed by atoms with van der Waals surface area (Å²) >= 11 is 0. The van der Waals surface area contributed by atoms with E-state index in [9.17, 15) is 9.18 Å². The maximum Gasteiger partial charge on any atom is 0.158 e. The van der Waals surface area contributed by atoms with Crippen LogP contribution in [0, 0.1) is 26.6 Å². The second kappa shape index (κ2) is 7.12. The fourth-order valence-corrected chi connectivity index (χ4v) is 2.32. The molecule has 0 bridgehead atoms. The SMILES string of the molecule is Cc1ccc(C=NCC(=O)Cc2c(C)cccc2C)cc1F. The zero-order chi connectivity index (χ0) is 16.1. The van der Waals surface area contributed by atoms with Crippen LogP contribution in [0.4, 0.5) is 4.39 Å². The molecule has 0 N–H and O–H groups in total. The summed E-state index contributed by atoms with van der Waals surface area (Å²) < 4.78 is 13.4. The first-order chi connectivity index (χ1) is 10.5. The number of aliphatic imine (C=N–C) groups is 1. The lowest BCUT2D eigenvalue weighted by Crippen LogP contribution is -2.09. The van der Waals surface area contributed by atoms with Crippen LogP contribution in [0.1, 0.15) is 27.8 Å². The standard InChI is InChI=1S/C19H20FNO/c1-13-5-4-6-14(2)18(13)10-17(22)12-21-11-16-8-7-15(3)19(20)9-16/h4-9,11H,10,12H2,1-3H3. The predicted molar refractivity (Wildman–Crippen MR) is 88.2 cm³/mol. The van der Waals surface area contributed by atoms with E-state index in [1.165, 1.54) is 6.07 Å². The van der Waals surface area contributed by atoms with Crippen molar-refractivity contribution in [3.63, 3.8) is 0 Å². The number of benzene rings is 2. The van der Waals surface area contributed by atoms with Gasteiger partial charge in [-0.2, -0.15) is 0 Å². The quantitative estimate of drug-likeness (QED) is 0.768. The molecule has 0 radical (unpaired) electrons. The van der Waals surface area contributed by atoms with E-state index in [1.807, 2.05) is 32.0 Å². The third-order valence-electron chi connectivity index (χ3n) is 3.72. The molecule has 0 aliphatic heterocycles. The van der Waals surface area contributed by atoms with Gasteiger partial charge in [-0.05, 0) is 54.7 Å². The average Bonchev–Trinajstić information content (AvgIpc) is 2.47. The number of rotatable bonds is 5. The third kappa shape index (κ3) is 4.10. The van der Waals surface area contributed by atoms with Crippen molar-refractivity contribution in [2.75, 3.05) is 6.54 Å². The predicted octanol–water partition coefficient (Wildman–Crippen LogP) is 3.98. The Morgan fingerprint density at radius 1 is 1.09 bits per heavy atom. The van der Waals surface area contributed by atoms with Gasteiger partial charge >= 0.3 is 0 Å². The van der Waals surface area contributed by atoms with Crippen LogP contribution in [-0.4, -0.2) is 18.5 Å². The molecule has 0 amide bonds. The Balaban J connectivity index is 1.98. The van der Waals surface area contributed by atoms with E-state index in [-0.39, 0.29) is 18.1 Å². The highest BCUT2D eigenvalue weighted by atomic mass is 19.1. The van der Waals surface area contributed by atoms with Crippen LogP contribution in [0.3, 0.4) is 0 Å². The topological polar surface area (TPSA) is 29.4 Å². The number of ketones is 1. The molecule has 2 aromatic rings. The molecule has 0 aromatic heterocycles. The monoisotopic (exact) mass is 297 g/mol. The highest BCUT2D eigenvalue weighted by Crippen LogP contribution is 2.14. The molecule has 0 spiro atoms. The van der Waals surface area contributed by atoms with Gasteiger partial charge < -0.3 is 0 Å². The minimum absolute atomic E-state index is 0.0567. The Kier molecular flexibility index (Phi) is 5.21. The molecule has 2 nitrogen and oxygen atoms in total. The number of carbonyl (C=O) groups is 1. The molecule has 0 saturated carbocycles. The first kappa shape index (κ1) is 16.1. The van der Waals surface area contributed by atoms with E-state index in [2.05, 4.69) is 4.99 Å². The molecule has 0 heterocycles. The summed E-state index contributed by atoms with van der Waals surface area (Å²) in [6.45, 7) is 5.84. The van der Waals surface area contributed by atoms with Crippen molar-refractivity contribution < 1.29 is 9.18 Å². The molecule has 0 saturated heterocycles. The van der Waals surface area contributed by atoms with Crippen molar-refractivity contribution in [1.29, 1.82) is 0 Å². The molecular formula is C19H20FNO. The van der Waals surface area contributed by atoms with E-state index in [1.54, 1.807) is 25.3 Å². The number of hydrogen-bond acceptors (Lipinski definition) is 2. The Labute approximate surface area is 130 Å². The van der Waals surface area contributed by atoms with Crippen LogP contribution in [0.2, 0.25) is 0 Å². The molecule has 2 aromatic carbocycles. The summed E-state index contributed by atoms with van der Waals surface area (Å²) in [5.74, 6) is -0.202. The van der Waals surface area contributed by atoms with E-state index < -0.39 is 0 Å². The van der Waals surface area contributed by atoms with Gasteiger partial charge in [-0.1, -0.05) is 30.3 Å². The van der Waals surface area contributed by atoms with Gasteiger partial charge in [-0.25, -0.2) is 4.39 Å². The summed E-state index contributed by atoms with van der Waals surface area (Å²) in [6, 6.07) is 10.9. The fraction of sp³-hybridized carbons (Fsp3) is 0.263. The number of halogens is 1. The number of aryl methyl sites for hydroxylation is 3. The maximum atomic E-state index is 13.4. The van der Waals surface area contributed by atoms with Crippen molar-refractivity contribution in [2.24, 2.45) is 4.99 Å². The largest absolute Gasteiger partial charge is 0.297 e. The van der Waals surface area contributed by atoms with E-state index >= 15 is 0 Å². The highest BCUT2D eigenvalue weighted by molar-refractivity contribution is 5.87. The first-order valence-electron chi connectivity index (χ1n) is 7.30. The summed E-state index contributed by atoms with van der Waals surface area (Å²) in [5.41, 5.74) is 4.59. The maximum absolute atomic E-state index is 13.4. The van der Waals surface area contributed by atoms with Crippen LogP contribution in [-0.2, 0) is 11.2 Å². The summed E-state index contributed by atoms with van der Waals surface area (Å²) in [5, 5.41) is 0. The Morgan fingerprint density at radius 2 is 1.77 bits per heavy atom. The van der Waals surface area contributed by atoms with Gasteiger partial charge in [0.2, 0.25) is 0 Å². The van der Waals surface area contributed by atoms with Gasteiger partial charge in [0.1, 0.15) is 5.82 Å². The van der Waals surface area contributed by atoms with Crippen LogP contribution < -0.4 is 0 Å². The smallest absolute Gasteiger partial charge is 0.158 e. The summed E-state index contributed by atoms with van der Waals surface area (Å²) in [7, 11) is 0. The van der Waals surface area contributed by atoms with Crippen LogP contribution >= 0.6 is 0 Å². The number of Topliss-reactive ketones (excluding diaryl/α,β-unsaturated/α-hetero) is 1. The molecule has 2 rings (SSSR count). The minimum Gasteiger partial charge on any atom is -0.297 e. The van der Waals surface area contributed by atoms with Crippen molar-refractivity contribution in [3.05, 3.63) is 70.0 Å². The van der Waals surface area contributed by atoms with Crippen LogP contribution in [0.5, 0.6) is 0 Å². The molecular weight excluding hydrogens is 277 g/mol. The molecule has 0 aliphatic rings. The Bertz CT molecular complexity index is 699. The lowest BCUT2D eigenvalue weighted by molar-refractivity contribution is -0.117. The fourth-order valence-electron chi connectivity index (χ4n) is 2.32. The van der Waals surface area contributed by atoms with E-state index in [0.717, 1.165) is 16.7 Å². The Morgan fingerprint density at radius 3 is 2.41 bits per heavy atom. The molecule has 3 heteroatoms. The van der Waals surface area contributed by atoms with Gasteiger partial charge in [-0.15, -0.1) is 0 Å². The summed E-state index contributed by atoms with van der Waals surface area (Å²) in [6.07, 6.45) is 1.93. The third-order valence-corrected chi connectivity index (χ3v) is 3.72. The number of hydrogen-bond donors (Lipinski definition) is 0. The summed E-state index contributed by atoms with van der Waals surface area (Å²) in [4.78, 5) is 16.2.